The van der Waals surface area contributed by atoms with Crippen molar-refractivity contribution in [1.29, 1.82) is 0 Å². The summed E-state index contributed by atoms with van der Waals surface area (Å²) in [6.45, 7) is 22.0. The number of carbonyl (C=O) groups is 2. The van der Waals surface area contributed by atoms with E-state index in [2.05, 4.69) is 12.2 Å². The van der Waals surface area contributed by atoms with Gasteiger partial charge >= 0.3 is 44.6 Å². The Morgan fingerprint density at radius 1 is 0.577 bits per heavy atom. The lowest BCUT2D eigenvalue weighted by molar-refractivity contribution is -0.274. The van der Waals surface area contributed by atoms with Crippen LogP contribution in [0.2, 0.25) is 0 Å². The van der Waals surface area contributed by atoms with Crippen molar-refractivity contribution in [3.8, 4) is 5.75 Å². The zero-order valence-electron chi connectivity index (χ0n) is 64.7. The predicted octanol–water partition coefficient (Wildman–Crippen LogP) is 20.4. The van der Waals surface area contributed by atoms with E-state index in [9.17, 15) is 90.2 Å². The minimum absolute atomic E-state index is 0. The molecule has 0 spiro atoms. The first-order chi connectivity index (χ1) is 50.4. The van der Waals surface area contributed by atoms with Crippen molar-refractivity contribution in [2.45, 2.75) is 213 Å². The van der Waals surface area contributed by atoms with Gasteiger partial charge in [-0.1, -0.05) is 99.4 Å². The molecular formula is C77H104Cl2F15N2O14P. The van der Waals surface area contributed by atoms with Gasteiger partial charge in [-0.3, -0.25) is 4.57 Å². The number of hydrogen-bond acceptors (Lipinski definition) is 15. The molecule has 2 fully saturated rings. The fraction of sp³-hybridized carbons (Fsp3) is 0.558. The molecule has 6 N–H and O–H groups in total. The van der Waals surface area contributed by atoms with Crippen LogP contribution in [-0.2, 0) is 98.0 Å². The average molecular weight is 1670 g/mol. The molecule has 0 atom stereocenters. The first kappa shape index (κ1) is 103. The summed E-state index contributed by atoms with van der Waals surface area (Å²) in [7, 11) is -0.963. The molecule has 5 aromatic rings. The second-order valence-electron chi connectivity index (χ2n) is 28.6. The summed E-state index contributed by atoms with van der Waals surface area (Å²) < 4.78 is 245. The van der Waals surface area contributed by atoms with Crippen LogP contribution in [0, 0.1) is 33.1 Å². The van der Waals surface area contributed by atoms with Crippen molar-refractivity contribution in [3.63, 3.8) is 0 Å². The quantitative estimate of drug-likeness (QED) is 0.0143. The van der Waals surface area contributed by atoms with Crippen molar-refractivity contribution in [3.05, 3.63) is 175 Å². The number of nitrogens with one attached hydrogen (secondary N) is 1. The topological polar surface area (TPSA) is 224 Å². The van der Waals surface area contributed by atoms with Gasteiger partial charge in [-0.25, -0.2) is 4.79 Å². The molecule has 111 heavy (non-hydrogen) atoms. The molecule has 0 radical (unpaired) electrons. The number of hydrogen-bond donors (Lipinski definition) is 5. The molecule has 0 bridgehead atoms. The molecule has 2 aliphatic rings. The summed E-state index contributed by atoms with van der Waals surface area (Å²) in [6, 6.07) is 19.7. The zero-order valence-corrected chi connectivity index (χ0v) is 67.2. The summed E-state index contributed by atoms with van der Waals surface area (Å²) in [5.74, 6) is -1.42. The van der Waals surface area contributed by atoms with E-state index in [0.717, 1.165) is 68.7 Å². The van der Waals surface area contributed by atoms with Crippen LogP contribution in [0.25, 0.3) is 6.08 Å². The number of ether oxygens (including phenoxy) is 6. The van der Waals surface area contributed by atoms with Gasteiger partial charge in [-0.2, -0.15) is 65.9 Å². The van der Waals surface area contributed by atoms with Crippen molar-refractivity contribution < 1.29 is 133 Å². The Bertz CT molecular complexity index is 3670. The van der Waals surface area contributed by atoms with Crippen LogP contribution < -0.4 is 15.8 Å². The number of nitrogens with two attached hydrogens (primary N) is 1. The molecule has 2 heterocycles. The molecule has 2 saturated heterocycles. The number of aliphatic hydroxyl groups is 3. The Kier molecular flexibility index (Phi) is 41.0. The summed E-state index contributed by atoms with van der Waals surface area (Å²) >= 11 is 5.43. The summed E-state index contributed by atoms with van der Waals surface area (Å²) in [4.78, 5) is 22.8. The van der Waals surface area contributed by atoms with Crippen LogP contribution in [0.4, 0.5) is 70.7 Å². The minimum atomic E-state index is -4.51. The van der Waals surface area contributed by atoms with E-state index in [1.54, 1.807) is 58.9 Å². The Morgan fingerprint density at radius 3 is 1.39 bits per heavy atom. The lowest BCUT2D eigenvalue weighted by atomic mass is 9.93. The first-order valence-electron chi connectivity index (χ1n) is 34.6. The third-order valence-corrected chi connectivity index (χ3v) is 18.7. The number of aldehydes is 1. The fourth-order valence-corrected chi connectivity index (χ4v) is 11.0. The van der Waals surface area contributed by atoms with Crippen LogP contribution >= 0.6 is 31.6 Å². The maximum atomic E-state index is 13.3. The SMILES string of the molecule is CC1(C=O)COC(C)(C)OC1.CCCCCCCOc1ccc(CCC(N)(CO)CO)cc1C(F)(F)F.COP(=O)(Cc1ccc(C)c(C(F)(F)F)c1)OC.Cc1ccc(/C=C/C2(NC(=O)OC(C)(C)C)COC(C)(C)OC2)cc1C(F)(F)F.Cc1ccc(CCl)cc1C(F)(F)F.Cc1ccc(CO)cc1C(F)(F)F.Cl. The number of alkyl carbamates (subject to hydrolysis) is 1. The number of unbranched alkanes of at least 4 members (excludes halogenated alkanes) is 4. The first-order valence-corrected chi connectivity index (χ1v) is 36.8. The predicted molar refractivity (Wildman–Crippen MR) is 395 cm³/mol. The minimum Gasteiger partial charge on any atom is -0.493 e. The van der Waals surface area contributed by atoms with Crippen LogP contribution in [0.1, 0.15) is 179 Å². The number of halogens is 17. The molecule has 1 amide bonds. The van der Waals surface area contributed by atoms with Crippen molar-refractivity contribution in [1.82, 2.24) is 5.32 Å². The molecule has 5 aromatic carbocycles. The Balaban J connectivity index is 0.000000689. The highest BCUT2D eigenvalue weighted by atomic mass is 35.5. The number of alkyl halides is 16. The standard InChI is InChI=1S/C21H28F3NO4.C19H30F3NO3.C11H14F3O3P.C9H8ClF3.C9H9F3O.C8H14O3.ClH/c1-14-7-8-15(11-16(14)21(22,23)24)9-10-20(12-27-19(5,6)28-13-20)25-17(26)29-18(2,3)4;1-2-3-4-5-6-11-26-17-8-7-15(12-16(17)19(20,21)22)9-10-18(23,13-24)14-25;1-8-4-5-9(6-10(8)11(12,13)14)7-18(15,16-2)17-3;1-6-2-3-7(5-10)4-8(6)9(11,12)13;1-6-2-3-7(5-13)4-8(6)9(10,11)12;1-7(2)10-5-8(3,4-9)6-11-7;/h7-11H,12-13H2,1-6H3,(H,25,26);7-8,12,24-25H,2-6,9-11,13-14,23H2,1H3;4-6H,7H2,1-3H3;2-4H,5H2,1H3;2-4,13H,5H2,1H3;4H,5-6H2,1-3H3;1H/b10-9+;;;;;;. The molecule has 7 rings (SSSR count). The van der Waals surface area contributed by atoms with E-state index in [1.165, 1.54) is 90.5 Å². The second kappa shape index (κ2) is 44.2. The Hall–Kier alpha value is -6.06. The summed E-state index contributed by atoms with van der Waals surface area (Å²) in [5.41, 5.74) is 1.26. The normalized spacial score (nSPS) is 15.5. The molecule has 0 unspecified atom stereocenters. The third kappa shape index (κ3) is 37.0. The number of rotatable bonds is 22. The fourth-order valence-electron chi connectivity index (χ4n) is 9.74. The van der Waals surface area contributed by atoms with Gasteiger partial charge in [0.2, 0.25) is 0 Å². The number of aryl methyl sites for hydroxylation is 5. The Morgan fingerprint density at radius 2 is 0.973 bits per heavy atom. The van der Waals surface area contributed by atoms with Gasteiger partial charge in [0.1, 0.15) is 23.2 Å². The average Bonchev–Trinajstić information content (AvgIpc) is 0.812. The maximum absolute atomic E-state index is 13.3. The monoisotopic (exact) mass is 1670 g/mol. The van der Waals surface area contributed by atoms with Crippen molar-refractivity contribution in [2.24, 2.45) is 11.1 Å². The van der Waals surface area contributed by atoms with Gasteiger partial charge in [0.05, 0.1) is 97.8 Å². The van der Waals surface area contributed by atoms with Gasteiger partial charge < -0.3 is 68.6 Å². The van der Waals surface area contributed by atoms with Crippen LogP contribution in [0.5, 0.6) is 5.75 Å². The lowest BCUT2D eigenvalue weighted by Gasteiger charge is -2.42. The van der Waals surface area contributed by atoms with E-state index >= 15 is 0 Å². The largest absolute Gasteiger partial charge is 0.493 e. The van der Waals surface area contributed by atoms with Gasteiger partial charge in [0.25, 0.3) is 0 Å². The maximum Gasteiger partial charge on any atom is 0.419 e. The van der Waals surface area contributed by atoms with Crippen LogP contribution in [0.15, 0.2) is 97.1 Å². The van der Waals surface area contributed by atoms with E-state index < -0.39 is 119 Å². The molecular weight excluding hydrogens is 1560 g/mol. The van der Waals surface area contributed by atoms with E-state index in [1.807, 2.05) is 20.8 Å². The number of carbonyl (C=O) groups excluding carboxylic acids is 2. The molecule has 16 nitrogen and oxygen atoms in total. The van der Waals surface area contributed by atoms with Crippen molar-refractivity contribution >= 4 is 50.1 Å². The van der Waals surface area contributed by atoms with Gasteiger partial charge in [-0.15, -0.1) is 24.0 Å². The summed E-state index contributed by atoms with van der Waals surface area (Å²) in [5, 5.41) is 29.7. The molecule has 34 heteroatoms. The highest BCUT2D eigenvalue weighted by molar-refractivity contribution is 7.52. The van der Waals surface area contributed by atoms with E-state index in [0.29, 0.717) is 29.9 Å². The van der Waals surface area contributed by atoms with E-state index in [-0.39, 0.29) is 103 Å². The lowest BCUT2D eigenvalue weighted by Crippen LogP contribution is -2.60. The zero-order chi connectivity index (χ0) is 84.4. The van der Waals surface area contributed by atoms with Crippen LogP contribution in [0.3, 0.4) is 0 Å². The van der Waals surface area contributed by atoms with Crippen LogP contribution in [-0.4, -0.2) is 116 Å². The van der Waals surface area contributed by atoms with Gasteiger partial charge in [-0.05, 0) is 189 Å². The number of amides is 1. The number of benzene rings is 5. The highest BCUT2D eigenvalue weighted by Crippen LogP contribution is 2.50. The van der Waals surface area contributed by atoms with E-state index in [4.69, 9.17) is 59.9 Å². The smallest absolute Gasteiger partial charge is 0.419 e. The third-order valence-electron chi connectivity index (χ3n) is 16.5. The molecule has 0 aliphatic carbocycles. The van der Waals surface area contributed by atoms with Gasteiger partial charge in [0.15, 0.2) is 11.6 Å². The molecule has 0 aromatic heterocycles. The van der Waals surface area contributed by atoms with Crippen molar-refractivity contribution in [2.75, 3.05) is 60.5 Å². The molecule has 0 saturated carbocycles. The number of aliphatic hydroxyl groups excluding tert-OH is 3. The highest BCUT2D eigenvalue weighted by Gasteiger charge is 2.43. The molecule has 2 aliphatic heterocycles. The van der Waals surface area contributed by atoms with Gasteiger partial charge in [0, 0.05) is 20.1 Å². The molecule has 630 valence electrons. The summed E-state index contributed by atoms with van der Waals surface area (Å²) in [6.07, 6.45) is -13.5. The Labute approximate surface area is 650 Å². The second-order valence-corrected chi connectivity index (χ2v) is 31.1.